The Balaban J connectivity index is 1.64. The second kappa shape index (κ2) is 12.2. The number of fused-ring (bicyclic) bond motifs is 1. The Kier molecular flexibility index (Phi) is 9.32. The lowest BCUT2D eigenvalue weighted by atomic mass is 10.3. The molecule has 0 atom stereocenters. The highest BCUT2D eigenvalue weighted by Gasteiger charge is 2.21. The van der Waals surface area contributed by atoms with Crippen LogP contribution in [0.25, 0.3) is 10.2 Å². The molecule has 0 aliphatic carbocycles. The molecule has 3 rings (SSSR count). The average molecular weight is 476 g/mol. The number of para-hydroxylation sites is 1. The predicted octanol–water partition coefficient (Wildman–Crippen LogP) is 5.69. The van der Waals surface area contributed by atoms with E-state index in [1.54, 1.807) is 29.8 Å². The van der Waals surface area contributed by atoms with Crippen LogP contribution in [-0.2, 0) is 4.79 Å². The van der Waals surface area contributed by atoms with E-state index in [4.69, 9.17) is 4.74 Å². The molecule has 0 saturated carbocycles. The van der Waals surface area contributed by atoms with Crippen LogP contribution in [0.5, 0.6) is 5.75 Å². The van der Waals surface area contributed by atoms with Crippen molar-refractivity contribution in [2.45, 2.75) is 31.6 Å². The quantitative estimate of drug-likeness (QED) is 0.249. The zero-order valence-electron chi connectivity index (χ0n) is 18.8. The van der Waals surface area contributed by atoms with E-state index in [1.165, 1.54) is 17.4 Å². The highest BCUT2D eigenvalue weighted by Crippen LogP contribution is 2.31. The van der Waals surface area contributed by atoms with Crippen LogP contribution in [0.3, 0.4) is 0 Å². The number of thioether (sulfide) groups is 1. The predicted molar refractivity (Wildman–Crippen MR) is 133 cm³/mol. The topological polar surface area (TPSA) is 45.7 Å². The van der Waals surface area contributed by atoms with E-state index < -0.39 is 0 Å². The number of carbonyl (C=O) groups excluding carboxylic acids is 1. The Morgan fingerprint density at radius 3 is 2.53 bits per heavy atom. The Hall–Kier alpha value is -2.16. The van der Waals surface area contributed by atoms with Crippen LogP contribution in [-0.4, -0.2) is 54.8 Å². The molecule has 2 aromatic carbocycles. The van der Waals surface area contributed by atoms with Crippen molar-refractivity contribution in [2.75, 3.05) is 43.9 Å². The molecular weight excluding hydrogens is 445 g/mol. The highest BCUT2D eigenvalue weighted by molar-refractivity contribution is 7.99. The molecule has 0 radical (unpaired) electrons. The Morgan fingerprint density at radius 2 is 1.88 bits per heavy atom. The molecule has 1 heterocycles. The van der Waals surface area contributed by atoms with E-state index in [-0.39, 0.29) is 11.7 Å². The van der Waals surface area contributed by atoms with Crippen LogP contribution in [0.1, 0.15) is 26.7 Å². The molecule has 0 unspecified atom stereocenters. The van der Waals surface area contributed by atoms with Crippen LogP contribution in [0.4, 0.5) is 9.52 Å². The van der Waals surface area contributed by atoms with Crippen LogP contribution in [0.15, 0.2) is 47.4 Å². The minimum absolute atomic E-state index is 0.0342. The fourth-order valence-electron chi connectivity index (χ4n) is 3.35. The molecule has 8 heteroatoms. The molecule has 0 N–H and O–H groups in total. The van der Waals surface area contributed by atoms with E-state index in [1.807, 2.05) is 30.3 Å². The summed E-state index contributed by atoms with van der Waals surface area (Å²) in [5.41, 5.74) is 0.336. The Bertz CT molecular complexity index is 1010. The van der Waals surface area contributed by atoms with Gasteiger partial charge in [0.25, 0.3) is 0 Å². The third-order valence-corrected chi connectivity index (χ3v) is 7.43. The van der Waals surface area contributed by atoms with Gasteiger partial charge in [0, 0.05) is 24.4 Å². The van der Waals surface area contributed by atoms with Gasteiger partial charge in [0.15, 0.2) is 5.13 Å². The monoisotopic (exact) mass is 475 g/mol. The molecule has 3 aromatic rings. The van der Waals surface area contributed by atoms with Crippen molar-refractivity contribution in [3.8, 4) is 5.75 Å². The van der Waals surface area contributed by atoms with Gasteiger partial charge < -0.3 is 9.64 Å². The second-order valence-electron chi connectivity index (χ2n) is 7.28. The largest absolute Gasteiger partial charge is 0.497 e. The Morgan fingerprint density at radius 1 is 1.12 bits per heavy atom. The summed E-state index contributed by atoms with van der Waals surface area (Å²) in [6.07, 6.45) is 1.19. The normalized spacial score (nSPS) is 11.3. The summed E-state index contributed by atoms with van der Waals surface area (Å²) in [4.78, 5) is 22.8. The number of methoxy groups -OCH3 is 1. The van der Waals surface area contributed by atoms with Crippen LogP contribution < -0.4 is 9.64 Å². The summed E-state index contributed by atoms with van der Waals surface area (Å²) in [5.74, 6) is 1.36. The van der Waals surface area contributed by atoms with Gasteiger partial charge in [-0.15, -0.1) is 11.8 Å². The van der Waals surface area contributed by atoms with Gasteiger partial charge >= 0.3 is 0 Å². The number of benzene rings is 2. The fraction of sp³-hybridized carbons (Fsp3) is 0.417. The Labute approximate surface area is 197 Å². The first-order chi connectivity index (χ1) is 15.5. The number of hydrogen-bond acceptors (Lipinski definition) is 6. The first kappa shape index (κ1) is 24.5. The fourth-order valence-corrected chi connectivity index (χ4v) is 5.22. The summed E-state index contributed by atoms with van der Waals surface area (Å²) in [6, 6.07) is 12.9. The first-order valence-corrected chi connectivity index (χ1v) is 12.7. The molecule has 0 spiro atoms. The van der Waals surface area contributed by atoms with Crippen LogP contribution in [0, 0.1) is 5.82 Å². The third-order valence-electron chi connectivity index (χ3n) is 5.29. The van der Waals surface area contributed by atoms with Crippen LogP contribution in [0.2, 0.25) is 0 Å². The van der Waals surface area contributed by atoms with Crippen molar-refractivity contribution in [1.29, 1.82) is 0 Å². The van der Waals surface area contributed by atoms with Crippen molar-refractivity contribution in [1.82, 2.24) is 9.88 Å². The summed E-state index contributed by atoms with van der Waals surface area (Å²) >= 11 is 3.10. The summed E-state index contributed by atoms with van der Waals surface area (Å²) in [7, 11) is 1.65. The zero-order valence-corrected chi connectivity index (χ0v) is 20.5. The highest BCUT2D eigenvalue weighted by atomic mass is 32.2. The lowest BCUT2D eigenvalue weighted by Crippen LogP contribution is -2.38. The maximum Gasteiger partial charge on any atom is 0.228 e. The van der Waals surface area contributed by atoms with E-state index in [2.05, 4.69) is 23.7 Å². The van der Waals surface area contributed by atoms with Gasteiger partial charge in [-0.1, -0.05) is 31.3 Å². The molecular formula is C24H30FN3O2S2. The standard InChI is InChI=1S/C24H30FN3O2S2/c1-4-27(5-2)15-16-28(24-26-23-20(25)8-6-9-21(23)32-24)22(29)10-7-17-31-19-13-11-18(30-3)12-14-19/h6,8-9,11-14H,4-5,7,10,15-17H2,1-3H3. The van der Waals surface area contributed by atoms with Gasteiger partial charge in [-0.25, -0.2) is 9.37 Å². The van der Waals surface area contributed by atoms with E-state index >= 15 is 0 Å². The van der Waals surface area contributed by atoms with Gasteiger partial charge in [0.05, 0.1) is 11.8 Å². The summed E-state index contributed by atoms with van der Waals surface area (Å²) in [6.45, 7) is 7.38. The number of thiazole rings is 1. The van der Waals surface area contributed by atoms with Crippen molar-refractivity contribution >= 4 is 44.4 Å². The lowest BCUT2D eigenvalue weighted by molar-refractivity contribution is -0.118. The number of hydrogen-bond donors (Lipinski definition) is 0. The number of nitrogens with zero attached hydrogens (tertiary/aromatic N) is 3. The number of carbonyl (C=O) groups is 1. The summed E-state index contributed by atoms with van der Waals surface area (Å²) < 4.78 is 20.1. The summed E-state index contributed by atoms with van der Waals surface area (Å²) in [5, 5.41) is 0.574. The minimum Gasteiger partial charge on any atom is -0.497 e. The SMILES string of the molecule is CCN(CC)CCN(C(=O)CCCSc1ccc(OC)cc1)c1nc2c(F)cccc2s1. The molecule has 172 valence electrons. The molecule has 5 nitrogen and oxygen atoms in total. The van der Waals surface area contributed by atoms with Gasteiger partial charge in [-0.05, 0) is 61.7 Å². The molecule has 32 heavy (non-hydrogen) atoms. The lowest BCUT2D eigenvalue weighted by Gasteiger charge is -2.24. The molecule has 0 saturated heterocycles. The van der Waals surface area contributed by atoms with Gasteiger partial charge in [0.2, 0.25) is 5.91 Å². The van der Waals surface area contributed by atoms with E-state index in [9.17, 15) is 9.18 Å². The maximum absolute atomic E-state index is 14.2. The van der Waals surface area contributed by atoms with Gasteiger partial charge in [-0.2, -0.15) is 0 Å². The zero-order chi connectivity index (χ0) is 22.9. The number of rotatable bonds is 12. The molecule has 0 fully saturated rings. The second-order valence-corrected chi connectivity index (χ2v) is 9.46. The van der Waals surface area contributed by atoms with Crippen LogP contribution >= 0.6 is 23.1 Å². The average Bonchev–Trinajstić information content (AvgIpc) is 3.25. The van der Waals surface area contributed by atoms with Crippen molar-refractivity contribution in [2.24, 2.45) is 0 Å². The maximum atomic E-state index is 14.2. The number of ether oxygens (including phenoxy) is 1. The molecule has 0 bridgehead atoms. The van der Waals surface area contributed by atoms with Crippen molar-refractivity contribution in [3.63, 3.8) is 0 Å². The van der Waals surface area contributed by atoms with E-state index in [0.29, 0.717) is 23.6 Å². The number of aromatic nitrogens is 1. The smallest absolute Gasteiger partial charge is 0.228 e. The minimum atomic E-state index is -0.350. The number of amides is 1. The van der Waals surface area contributed by atoms with Gasteiger partial charge in [0.1, 0.15) is 17.1 Å². The number of halogens is 1. The van der Waals surface area contributed by atoms with Gasteiger partial charge in [-0.3, -0.25) is 9.69 Å². The van der Waals surface area contributed by atoms with E-state index in [0.717, 1.165) is 47.2 Å². The first-order valence-electron chi connectivity index (χ1n) is 10.9. The molecule has 0 aliphatic heterocycles. The van der Waals surface area contributed by atoms with Crippen molar-refractivity contribution in [3.05, 3.63) is 48.3 Å². The third kappa shape index (κ3) is 6.43. The molecule has 0 aliphatic rings. The van der Waals surface area contributed by atoms with Crippen molar-refractivity contribution < 1.29 is 13.9 Å². The number of likely N-dealkylation sites (N-methyl/N-ethyl adjacent to an activating group) is 1. The number of anilines is 1. The molecule has 1 amide bonds. The molecule has 1 aromatic heterocycles.